The summed E-state index contributed by atoms with van der Waals surface area (Å²) < 4.78 is 0. The Morgan fingerprint density at radius 3 is 3.09 bits per heavy atom. The number of fused-ring (bicyclic) bond motifs is 5. The van der Waals surface area contributed by atoms with Crippen LogP contribution in [0.25, 0.3) is 0 Å². The van der Waals surface area contributed by atoms with Crippen LogP contribution < -0.4 is 11.1 Å². The Labute approximate surface area is 67.5 Å². The second kappa shape index (κ2) is 1.80. The van der Waals surface area contributed by atoms with Gasteiger partial charge in [0.2, 0.25) is 0 Å². The van der Waals surface area contributed by atoms with Gasteiger partial charge in [0.1, 0.15) is 0 Å². The topological polar surface area (TPSA) is 38.0 Å². The summed E-state index contributed by atoms with van der Waals surface area (Å²) in [5.74, 6) is 2.73. The summed E-state index contributed by atoms with van der Waals surface area (Å²) in [6.45, 7) is 2.44. The minimum absolute atomic E-state index is 0.249. The summed E-state index contributed by atoms with van der Waals surface area (Å²) in [6, 6.07) is 0. The number of hydrogen-bond acceptors (Lipinski definition) is 2. The maximum absolute atomic E-state index is 6.35. The molecule has 0 spiro atoms. The average Bonchev–Trinajstić information content (AvgIpc) is 2.53. The van der Waals surface area contributed by atoms with E-state index in [1.165, 1.54) is 32.4 Å². The van der Waals surface area contributed by atoms with Gasteiger partial charge in [0.05, 0.1) is 0 Å². The molecule has 1 heterocycles. The predicted octanol–water partition coefficient (Wildman–Crippen LogP) is 0.333. The molecule has 2 nitrogen and oxygen atoms in total. The molecular formula is C9H16N2. The Hall–Kier alpha value is -0.0800. The number of nitrogens with two attached hydrogens (primary N) is 1. The van der Waals surface area contributed by atoms with Crippen molar-refractivity contribution in [2.75, 3.05) is 13.1 Å². The van der Waals surface area contributed by atoms with Gasteiger partial charge < -0.3 is 11.1 Å². The summed E-state index contributed by atoms with van der Waals surface area (Å²) in [4.78, 5) is 0. The Morgan fingerprint density at radius 2 is 2.27 bits per heavy atom. The van der Waals surface area contributed by atoms with Gasteiger partial charge in [-0.05, 0) is 43.6 Å². The number of nitrogens with one attached hydrogen (secondary N) is 1. The van der Waals surface area contributed by atoms with E-state index in [1.54, 1.807) is 0 Å². The van der Waals surface area contributed by atoms with Gasteiger partial charge in [-0.25, -0.2) is 0 Å². The standard InChI is InChI=1S/C9H16N2/c10-9-2-1-6(3-9)7-4-11-5-8(7)9/h6-8,11H,1-5,10H2. The molecule has 0 radical (unpaired) electrons. The zero-order valence-electron chi connectivity index (χ0n) is 6.84. The normalized spacial score (nSPS) is 60.3. The Balaban J connectivity index is 1.98. The lowest BCUT2D eigenvalue weighted by Crippen LogP contribution is -2.45. The molecule has 3 N–H and O–H groups in total. The van der Waals surface area contributed by atoms with Crippen LogP contribution in [0.4, 0.5) is 0 Å². The van der Waals surface area contributed by atoms with Crippen molar-refractivity contribution in [3.8, 4) is 0 Å². The molecule has 0 aromatic carbocycles. The highest BCUT2D eigenvalue weighted by Crippen LogP contribution is 2.54. The van der Waals surface area contributed by atoms with Crippen molar-refractivity contribution in [2.24, 2.45) is 23.5 Å². The van der Waals surface area contributed by atoms with Crippen LogP contribution >= 0.6 is 0 Å². The molecule has 3 rings (SSSR count). The third-order valence-electron chi connectivity index (χ3n) is 4.23. The first kappa shape index (κ1) is 6.44. The maximum Gasteiger partial charge on any atom is 0.0201 e. The van der Waals surface area contributed by atoms with E-state index in [2.05, 4.69) is 5.32 Å². The van der Waals surface area contributed by atoms with Crippen LogP contribution in [-0.2, 0) is 0 Å². The van der Waals surface area contributed by atoms with Gasteiger partial charge in [0.25, 0.3) is 0 Å². The third kappa shape index (κ3) is 0.651. The van der Waals surface area contributed by atoms with Crippen molar-refractivity contribution in [3.63, 3.8) is 0 Å². The Kier molecular flexibility index (Phi) is 1.06. The second-order valence-corrected chi connectivity index (χ2v) is 4.66. The first-order valence-corrected chi connectivity index (χ1v) is 4.79. The molecule has 62 valence electrons. The zero-order valence-corrected chi connectivity index (χ0v) is 6.84. The van der Waals surface area contributed by atoms with Crippen LogP contribution in [0, 0.1) is 17.8 Å². The first-order chi connectivity index (χ1) is 5.30. The van der Waals surface area contributed by atoms with Gasteiger partial charge in [-0.3, -0.25) is 0 Å². The van der Waals surface area contributed by atoms with Crippen LogP contribution in [0.2, 0.25) is 0 Å². The van der Waals surface area contributed by atoms with Crippen molar-refractivity contribution < 1.29 is 0 Å². The summed E-state index contributed by atoms with van der Waals surface area (Å²) >= 11 is 0. The minimum atomic E-state index is 0.249. The van der Waals surface area contributed by atoms with Crippen molar-refractivity contribution in [1.82, 2.24) is 5.32 Å². The zero-order chi connectivity index (χ0) is 7.47. The van der Waals surface area contributed by atoms with Gasteiger partial charge in [0.15, 0.2) is 0 Å². The predicted molar refractivity (Wildman–Crippen MR) is 44.1 cm³/mol. The fraction of sp³-hybridized carbons (Fsp3) is 1.00. The Bertz CT molecular complexity index is 192. The molecule has 2 aliphatic carbocycles. The Morgan fingerprint density at radius 1 is 1.36 bits per heavy atom. The molecule has 0 aromatic rings. The summed E-state index contributed by atoms with van der Waals surface area (Å²) in [6.07, 6.45) is 4.02. The van der Waals surface area contributed by atoms with Crippen molar-refractivity contribution >= 4 is 0 Å². The highest BCUT2D eigenvalue weighted by molar-refractivity contribution is 5.12. The molecule has 4 atom stereocenters. The largest absolute Gasteiger partial charge is 0.325 e. The smallest absolute Gasteiger partial charge is 0.0201 e. The van der Waals surface area contributed by atoms with E-state index in [4.69, 9.17) is 5.73 Å². The van der Waals surface area contributed by atoms with Crippen LogP contribution in [0.5, 0.6) is 0 Å². The molecular weight excluding hydrogens is 136 g/mol. The van der Waals surface area contributed by atoms with E-state index in [0.29, 0.717) is 0 Å². The lowest BCUT2D eigenvalue weighted by Gasteiger charge is -2.31. The van der Waals surface area contributed by atoms with Crippen LogP contribution in [0.15, 0.2) is 0 Å². The van der Waals surface area contributed by atoms with E-state index in [0.717, 1.165) is 17.8 Å². The van der Waals surface area contributed by atoms with Gasteiger partial charge in [-0.1, -0.05) is 0 Å². The quantitative estimate of drug-likeness (QED) is 0.525. The molecule has 2 bridgehead atoms. The average molecular weight is 152 g/mol. The maximum atomic E-state index is 6.35. The number of hydrogen-bond donors (Lipinski definition) is 2. The molecule has 1 aliphatic heterocycles. The lowest BCUT2D eigenvalue weighted by atomic mass is 9.78. The molecule has 0 aromatic heterocycles. The fourth-order valence-corrected chi connectivity index (χ4v) is 3.67. The lowest BCUT2D eigenvalue weighted by molar-refractivity contribution is 0.248. The molecule has 11 heavy (non-hydrogen) atoms. The summed E-state index contributed by atoms with van der Waals surface area (Å²) in [5.41, 5.74) is 6.59. The van der Waals surface area contributed by atoms with Crippen molar-refractivity contribution in [1.29, 1.82) is 0 Å². The van der Waals surface area contributed by atoms with Gasteiger partial charge >= 0.3 is 0 Å². The highest BCUT2D eigenvalue weighted by Gasteiger charge is 2.56. The van der Waals surface area contributed by atoms with Crippen molar-refractivity contribution in [3.05, 3.63) is 0 Å². The molecule has 1 saturated heterocycles. The molecule has 3 aliphatic rings. The first-order valence-electron chi connectivity index (χ1n) is 4.79. The van der Waals surface area contributed by atoms with E-state index in [1.807, 2.05) is 0 Å². The molecule has 4 unspecified atom stereocenters. The summed E-state index contributed by atoms with van der Waals surface area (Å²) in [5, 5.41) is 3.47. The van der Waals surface area contributed by atoms with E-state index in [9.17, 15) is 0 Å². The minimum Gasteiger partial charge on any atom is -0.325 e. The fourth-order valence-electron chi connectivity index (χ4n) is 3.67. The summed E-state index contributed by atoms with van der Waals surface area (Å²) in [7, 11) is 0. The number of rotatable bonds is 0. The van der Waals surface area contributed by atoms with Gasteiger partial charge in [0, 0.05) is 12.1 Å². The molecule has 0 amide bonds. The SMILES string of the molecule is NC12CCC(C1)C1CNCC12. The van der Waals surface area contributed by atoms with E-state index < -0.39 is 0 Å². The third-order valence-corrected chi connectivity index (χ3v) is 4.23. The van der Waals surface area contributed by atoms with Gasteiger partial charge in [-0.15, -0.1) is 0 Å². The van der Waals surface area contributed by atoms with Crippen LogP contribution in [0.1, 0.15) is 19.3 Å². The molecule has 2 saturated carbocycles. The van der Waals surface area contributed by atoms with Gasteiger partial charge in [-0.2, -0.15) is 0 Å². The monoisotopic (exact) mass is 152 g/mol. The second-order valence-electron chi connectivity index (χ2n) is 4.66. The van der Waals surface area contributed by atoms with Crippen molar-refractivity contribution in [2.45, 2.75) is 24.8 Å². The molecule has 3 fully saturated rings. The molecule has 2 heteroatoms. The van der Waals surface area contributed by atoms with E-state index in [-0.39, 0.29) is 5.54 Å². The van der Waals surface area contributed by atoms with E-state index >= 15 is 0 Å². The van der Waals surface area contributed by atoms with Crippen LogP contribution in [0.3, 0.4) is 0 Å². The van der Waals surface area contributed by atoms with Crippen LogP contribution in [-0.4, -0.2) is 18.6 Å². The highest BCUT2D eigenvalue weighted by atomic mass is 15.0.